The third kappa shape index (κ3) is 0.798. The number of hydrogen-bond donors (Lipinski definition) is 0. The summed E-state index contributed by atoms with van der Waals surface area (Å²) in [4.78, 5) is 0.986. The summed E-state index contributed by atoms with van der Waals surface area (Å²) >= 11 is 1.32. The van der Waals surface area contributed by atoms with Crippen LogP contribution in [0.5, 0.6) is 0 Å². The van der Waals surface area contributed by atoms with Crippen LogP contribution in [0, 0.1) is 6.92 Å². The smallest absolute Gasteiger partial charge is 0.146 e. The lowest BCUT2D eigenvalue weighted by atomic mass is 10.1. The van der Waals surface area contributed by atoms with E-state index in [1.54, 1.807) is 0 Å². The van der Waals surface area contributed by atoms with Gasteiger partial charge in [0.2, 0.25) is 0 Å². The van der Waals surface area contributed by atoms with Crippen LogP contribution < -0.4 is 5.59 Å². The van der Waals surface area contributed by atoms with Gasteiger partial charge < -0.3 is 0 Å². The van der Waals surface area contributed by atoms with E-state index >= 15 is 0 Å². The van der Waals surface area contributed by atoms with E-state index in [-0.39, 0.29) is 0 Å². The molecule has 2 nitrogen and oxygen atoms in total. The van der Waals surface area contributed by atoms with Gasteiger partial charge in [0.05, 0.1) is 0 Å². The standard InChI is InChI=1S/C3H3BN2S/c1-2-3(4)5-6-7-2/h1H3. The highest BCUT2D eigenvalue weighted by Gasteiger charge is 1.90. The average molecular weight is 110 g/mol. The van der Waals surface area contributed by atoms with Crippen molar-refractivity contribution in [1.29, 1.82) is 0 Å². The van der Waals surface area contributed by atoms with E-state index in [9.17, 15) is 0 Å². The van der Waals surface area contributed by atoms with E-state index < -0.39 is 0 Å². The molecule has 1 aromatic rings. The minimum atomic E-state index is 0.546. The first kappa shape index (κ1) is 4.78. The van der Waals surface area contributed by atoms with Crippen LogP contribution >= 0.6 is 11.5 Å². The molecule has 4 heteroatoms. The number of hydrogen-bond acceptors (Lipinski definition) is 3. The Morgan fingerprint density at radius 3 is 2.57 bits per heavy atom. The van der Waals surface area contributed by atoms with Crippen LogP contribution in [0.1, 0.15) is 4.88 Å². The minimum Gasteiger partial charge on any atom is -0.155 e. The normalized spacial score (nSPS) is 9.29. The van der Waals surface area contributed by atoms with Gasteiger partial charge in [-0.15, -0.1) is 0 Å². The van der Waals surface area contributed by atoms with Crippen LogP contribution in [0.3, 0.4) is 0 Å². The van der Waals surface area contributed by atoms with Gasteiger partial charge in [-0.2, -0.15) is 5.10 Å². The van der Waals surface area contributed by atoms with Gasteiger partial charge in [-0.3, -0.25) is 0 Å². The molecular weight excluding hydrogens is 107 g/mol. The first-order valence-electron chi connectivity index (χ1n) is 1.85. The second-order valence-electron chi connectivity index (χ2n) is 1.21. The minimum absolute atomic E-state index is 0.546. The van der Waals surface area contributed by atoms with Gasteiger partial charge in [0.1, 0.15) is 7.85 Å². The van der Waals surface area contributed by atoms with Crippen molar-refractivity contribution in [1.82, 2.24) is 9.59 Å². The van der Waals surface area contributed by atoms with Crippen molar-refractivity contribution in [3.8, 4) is 0 Å². The van der Waals surface area contributed by atoms with E-state index in [0.717, 1.165) is 4.88 Å². The molecule has 0 aromatic carbocycles. The third-order valence-electron chi connectivity index (χ3n) is 0.687. The van der Waals surface area contributed by atoms with E-state index in [4.69, 9.17) is 7.85 Å². The molecule has 0 saturated heterocycles. The van der Waals surface area contributed by atoms with Crippen molar-refractivity contribution < 1.29 is 0 Å². The Morgan fingerprint density at radius 2 is 2.43 bits per heavy atom. The Morgan fingerprint density at radius 1 is 1.71 bits per heavy atom. The number of aryl methyl sites for hydroxylation is 1. The third-order valence-corrected chi connectivity index (χ3v) is 1.33. The molecule has 0 aliphatic rings. The van der Waals surface area contributed by atoms with Crippen LogP contribution in [-0.2, 0) is 0 Å². The number of rotatable bonds is 0. The van der Waals surface area contributed by atoms with Crippen molar-refractivity contribution in [3.05, 3.63) is 4.88 Å². The van der Waals surface area contributed by atoms with Gasteiger partial charge in [-0.25, -0.2) is 0 Å². The van der Waals surface area contributed by atoms with E-state index in [0.29, 0.717) is 5.59 Å². The molecule has 0 saturated carbocycles. The quantitative estimate of drug-likeness (QED) is 0.426. The molecule has 1 aromatic heterocycles. The fourth-order valence-corrected chi connectivity index (χ4v) is 0.628. The largest absolute Gasteiger partial charge is 0.155 e. The molecule has 0 atom stereocenters. The lowest BCUT2D eigenvalue weighted by Crippen LogP contribution is -2.05. The highest BCUT2D eigenvalue weighted by molar-refractivity contribution is 7.06. The van der Waals surface area contributed by atoms with Crippen LogP contribution in [0.2, 0.25) is 0 Å². The van der Waals surface area contributed by atoms with Crippen molar-refractivity contribution in [2.24, 2.45) is 0 Å². The van der Waals surface area contributed by atoms with Gasteiger partial charge >= 0.3 is 0 Å². The second kappa shape index (κ2) is 1.62. The summed E-state index contributed by atoms with van der Waals surface area (Å²) in [5.41, 5.74) is 0.546. The molecule has 1 heterocycles. The summed E-state index contributed by atoms with van der Waals surface area (Å²) in [5, 5.41) is 3.56. The van der Waals surface area contributed by atoms with Gasteiger partial charge in [-0.05, 0) is 18.5 Å². The van der Waals surface area contributed by atoms with Crippen molar-refractivity contribution in [3.63, 3.8) is 0 Å². The zero-order valence-electron chi connectivity index (χ0n) is 3.88. The molecule has 0 unspecified atom stereocenters. The molecule has 0 bridgehead atoms. The Bertz CT molecular complexity index is 145. The summed E-state index contributed by atoms with van der Waals surface area (Å²) < 4.78 is 3.59. The molecule has 0 amide bonds. The summed E-state index contributed by atoms with van der Waals surface area (Å²) in [6, 6.07) is 0. The lowest BCUT2D eigenvalue weighted by Gasteiger charge is -1.74. The monoisotopic (exact) mass is 110 g/mol. The van der Waals surface area contributed by atoms with Crippen molar-refractivity contribution >= 4 is 25.0 Å². The highest BCUT2D eigenvalue weighted by atomic mass is 32.1. The summed E-state index contributed by atoms with van der Waals surface area (Å²) in [6.45, 7) is 1.89. The average Bonchev–Trinajstić information content (AvgIpc) is 1.91. The number of aromatic nitrogens is 2. The van der Waals surface area contributed by atoms with E-state index in [1.807, 2.05) is 6.92 Å². The highest BCUT2D eigenvalue weighted by Crippen LogP contribution is 1.91. The maximum absolute atomic E-state index is 5.28. The summed E-state index contributed by atoms with van der Waals surface area (Å²) in [5.74, 6) is 0. The van der Waals surface area contributed by atoms with Crippen molar-refractivity contribution in [2.45, 2.75) is 6.92 Å². The molecule has 34 valence electrons. The van der Waals surface area contributed by atoms with Crippen LogP contribution in [0.4, 0.5) is 0 Å². The Labute approximate surface area is 47.1 Å². The fraction of sp³-hybridized carbons (Fsp3) is 0.333. The molecule has 0 N–H and O–H groups in total. The Hall–Kier alpha value is -0.375. The molecule has 0 spiro atoms. The zero-order chi connectivity index (χ0) is 5.28. The Kier molecular flexibility index (Phi) is 1.10. The van der Waals surface area contributed by atoms with Crippen molar-refractivity contribution in [2.75, 3.05) is 0 Å². The number of nitrogens with zero attached hydrogens (tertiary/aromatic N) is 2. The lowest BCUT2D eigenvalue weighted by molar-refractivity contribution is 1.19. The second-order valence-corrected chi connectivity index (χ2v) is 2.17. The first-order valence-corrected chi connectivity index (χ1v) is 2.62. The van der Waals surface area contributed by atoms with Crippen LogP contribution in [-0.4, -0.2) is 17.4 Å². The van der Waals surface area contributed by atoms with Gasteiger partial charge in [-0.1, -0.05) is 4.49 Å². The summed E-state index contributed by atoms with van der Waals surface area (Å²) in [7, 11) is 5.28. The van der Waals surface area contributed by atoms with E-state index in [1.165, 1.54) is 11.5 Å². The van der Waals surface area contributed by atoms with Crippen LogP contribution in [0.15, 0.2) is 0 Å². The fourth-order valence-electron chi connectivity index (χ4n) is 0.243. The zero-order valence-corrected chi connectivity index (χ0v) is 4.70. The predicted octanol–water partition coefficient (Wildman–Crippen LogP) is -0.360. The van der Waals surface area contributed by atoms with Gasteiger partial charge in [0.25, 0.3) is 0 Å². The topological polar surface area (TPSA) is 25.8 Å². The summed E-state index contributed by atoms with van der Waals surface area (Å²) in [6.07, 6.45) is 0. The molecule has 0 aliphatic heterocycles. The molecule has 0 fully saturated rings. The van der Waals surface area contributed by atoms with E-state index in [2.05, 4.69) is 9.59 Å². The molecule has 0 aliphatic carbocycles. The molecule has 1 rings (SSSR count). The molecular formula is C3H3BN2S. The SMILES string of the molecule is [B]c1nnsc1C. The Balaban J connectivity index is 3.12. The maximum atomic E-state index is 5.28. The van der Waals surface area contributed by atoms with Gasteiger partial charge in [0.15, 0.2) is 0 Å². The van der Waals surface area contributed by atoms with Gasteiger partial charge in [0, 0.05) is 10.5 Å². The first-order chi connectivity index (χ1) is 3.30. The predicted molar refractivity (Wildman–Crippen MR) is 30.0 cm³/mol. The molecule has 7 heavy (non-hydrogen) atoms. The maximum Gasteiger partial charge on any atom is 0.146 e. The van der Waals surface area contributed by atoms with Crippen LogP contribution in [0.25, 0.3) is 0 Å². The molecule has 2 radical (unpaired) electrons.